The number of sulfonamides is 1. The van der Waals surface area contributed by atoms with Crippen LogP contribution in [0.15, 0.2) is 29.2 Å². The van der Waals surface area contributed by atoms with Gasteiger partial charge in [-0.2, -0.15) is 9.57 Å². The van der Waals surface area contributed by atoms with Crippen LogP contribution in [0.25, 0.3) is 0 Å². The first kappa shape index (κ1) is 14.5. The first-order valence-corrected chi connectivity index (χ1v) is 7.62. The van der Waals surface area contributed by atoms with Gasteiger partial charge in [0, 0.05) is 13.1 Å². The molecule has 20 heavy (non-hydrogen) atoms. The Balaban J connectivity index is 2.30. The van der Waals surface area contributed by atoms with Crippen LogP contribution in [0.5, 0.6) is 0 Å². The van der Waals surface area contributed by atoms with Gasteiger partial charge in [-0.1, -0.05) is 6.07 Å². The highest BCUT2D eigenvalue weighted by Crippen LogP contribution is 2.24. The summed E-state index contributed by atoms with van der Waals surface area (Å²) in [5, 5.41) is 17.8. The molecule has 2 rings (SSSR count). The quantitative estimate of drug-likeness (QED) is 0.898. The summed E-state index contributed by atoms with van der Waals surface area (Å²) in [6.07, 6.45) is 1.01. The van der Waals surface area contributed by atoms with E-state index in [4.69, 9.17) is 10.4 Å². The molecule has 106 valence electrons. The molecule has 0 aromatic heterocycles. The average Bonchev–Trinajstić information content (AvgIpc) is 2.47. The number of piperidine rings is 1. The second-order valence-electron chi connectivity index (χ2n) is 4.68. The Morgan fingerprint density at radius 3 is 2.85 bits per heavy atom. The lowest BCUT2D eigenvalue weighted by atomic mass is 10.0. The molecule has 1 atom stereocenters. The van der Waals surface area contributed by atoms with E-state index in [0.717, 1.165) is 0 Å². The van der Waals surface area contributed by atoms with E-state index in [0.29, 0.717) is 19.4 Å². The minimum atomic E-state index is -3.74. The fourth-order valence-corrected chi connectivity index (χ4v) is 3.81. The number of nitrogens with zero attached hydrogens (tertiary/aromatic N) is 2. The topological polar surface area (TPSA) is 98.5 Å². The molecule has 1 heterocycles. The zero-order chi connectivity index (χ0) is 14.8. The fourth-order valence-electron chi connectivity index (χ4n) is 2.24. The first-order chi connectivity index (χ1) is 9.45. The summed E-state index contributed by atoms with van der Waals surface area (Å²) in [5.74, 6) is -1.65. The van der Waals surface area contributed by atoms with Crippen molar-refractivity contribution in [1.29, 1.82) is 5.26 Å². The number of hydrogen-bond acceptors (Lipinski definition) is 4. The lowest BCUT2D eigenvalue weighted by molar-refractivity contribution is -0.142. The van der Waals surface area contributed by atoms with Crippen molar-refractivity contribution in [3.8, 4) is 6.07 Å². The molecule has 0 bridgehead atoms. The van der Waals surface area contributed by atoms with Crippen LogP contribution in [-0.4, -0.2) is 36.9 Å². The summed E-state index contributed by atoms with van der Waals surface area (Å²) in [6, 6.07) is 7.64. The maximum Gasteiger partial charge on any atom is 0.307 e. The van der Waals surface area contributed by atoms with Gasteiger partial charge >= 0.3 is 5.97 Å². The van der Waals surface area contributed by atoms with Gasteiger partial charge in [-0.3, -0.25) is 4.79 Å². The van der Waals surface area contributed by atoms with Crippen LogP contribution in [0.3, 0.4) is 0 Å². The summed E-state index contributed by atoms with van der Waals surface area (Å²) in [4.78, 5) is 11.0. The first-order valence-electron chi connectivity index (χ1n) is 6.18. The third kappa shape index (κ3) is 2.81. The van der Waals surface area contributed by atoms with E-state index in [1.807, 2.05) is 6.07 Å². The SMILES string of the molecule is N#Cc1cccc(S(=O)(=O)N2CCCC(C(=O)O)C2)c1. The highest BCUT2D eigenvalue weighted by molar-refractivity contribution is 7.89. The highest BCUT2D eigenvalue weighted by atomic mass is 32.2. The third-order valence-corrected chi connectivity index (χ3v) is 5.20. The number of benzene rings is 1. The minimum Gasteiger partial charge on any atom is -0.481 e. The van der Waals surface area contributed by atoms with Gasteiger partial charge in [-0.25, -0.2) is 8.42 Å². The number of carboxylic acid groups (broad SMARTS) is 1. The van der Waals surface area contributed by atoms with Crippen molar-refractivity contribution in [3.05, 3.63) is 29.8 Å². The monoisotopic (exact) mass is 294 g/mol. The zero-order valence-electron chi connectivity index (χ0n) is 10.7. The molecule has 1 aliphatic rings. The molecule has 0 saturated carbocycles. The standard InChI is InChI=1S/C13H14N2O4S/c14-8-10-3-1-5-12(7-10)20(18,19)15-6-2-4-11(9-15)13(16)17/h1,3,5,7,11H,2,4,6,9H2,(H,16,17). The van der Waals surface area contributed by atoms with Crippen LogP contribution in [0, 0.1) is 17.2 Å². The molecule has 6 nitrogen and oxygen atoms in total. The van der Waals surface area contributed by atoms with Gasteiger partial charge < -0.3 is 5.11 Å². The molecule has 1 aliphatic heterocycles. The predicted octanol–water partition coefficient (Wildman–Crippen LogP) is 1.04. The Bertz CT molecular complexity index is 663. The van der Waals surface area contributed by atoms with Gasteiger partial charge in [0.25, 0.3) is 0 Å². The van der Waals surface area contributed by atoms with Gasteiger partial charge in [0.1, 0.15) is 0 Å². The zero-order valence-corrected chi connectivity index (χ0v) is 11.5. The summed E-state index contributed by atoms with van der Waals surface area (Å²) in [6.45, 7) is 0.289. The maximum atomic E-state index is 12.4. The molecule has 1 aromatic rings. The summed E-state index contributed by atoms with van der Waals surface area (Å²) >= 11 is 0. The van der Waals surface area contributed by atoms with Crippen molar-refractivity contribution in [3.63, 3.8) is 0 Å². The van der Waals surface area contributed by atoms with E-state index < -0.39 is 21.9 Å². The summed E-state index contributed by atoms with van der Waals surface area (Å²) < 4.78 is 26.1. The molecule has 0 amide bonds. The van der Waals surface area contributed by atoms with Gasteiger partial charge in [0.15, 0.2) is 0 Å². The lowest BCUT2D eigenvalue weighted by Gasteiger charge is -2.29. The molecule has 0 radical (unpaired) electrons. The van der Waals surface area contributed by atoms with Crippen molar-refractivity contribution in [1.82, 2.24) is 4.31 Å². The Kier molecular flexibility index (Phi) is 4.06. The van der Waals surface area contributed by atoms with Crippen LogP contribution in [-0.2, 0) is 14.8 Å². The van der Waals surface area contributed by atoms with E-state index in [9.17, 15) is 13.2 Å². The number of carboxylic acids is 1. The second kappa shape index (κ2) is 5.61. The van der Waals surface area contributed by atoms with Crippen LogP contribution in [0.1, 0.15) is 18.4 Å². The largest absolute Gasteiger partial charge is 0.481 e. The van der Waals surface area contributed by atoms with Crippen molar-refractivity contribution < 1.29 is 18.3 Å². The normalized spacial score (nSPS) is 20.2. The fraction of sp³-hybridized carbons (Fsp3) is 0.385. The van der Waals surface area contributed by atoms with Crippen molar-refractivity contribution >= 4 is 16.0 Å². The van der Waals surface area contributed by atoms with Crippen molar-refractivity contribution in [2.75, 3.05) is 13.1 Å². The van der Waals surface area contributed by atoms with Crippen LogP contribution < -0.4 is 0 Å². The average molecular weight is 294 g/mol. The number of nitriles is 1. The van der Waals surface area contributed by atoms with E-state index in [1.165, 1.54) is 28.6 Å². The summed E-state index contributed by atoms with van der Waals surface area (Å²) in [7, 11) is -3.74. The van der Waals surface area contributed by atoms with E-state index >= 15 is 0 Å². The van der Waals surface area contributed by atoms with E-state index in [2.05, 4.69) is 0 Å². The van der Waals surface area contributed by atoms with Crippen LogP contribution in [0.2, 0.25) is 0 Å². The predicted molar refractivity (Wildman–Crippen MR) is 70.3 cm³/mol. The molecule has 0 spiro atoms. The molecular weight excluding hydrogens is 280 g/mol. The molecular formula is C13H14N2O4S. The number of hydrogen-bond donors (Lipinski definition) is 1. The van der Waals surface area contributed by atoms with E-state index in [-0.39, 0.29) is 17.0 Å². The number of aliphatic carboxylic acids is 1. The lowest BCUT2D eigenvalue weighted by Crippen LogP contribution is -2.42. The van der Waals surface area contributed by atoms with Crippen molar-refractivity contribution in [2.24, 2.45) is 5.92 Å². The molecule has 1 fully saturated rings. The van der Waals surface area contributed by atoms with Crippen LogP contribution in [0.4, 0.5) is 0 Å². The smallest absolute Gasteiger partial charge is 0.307 e. The molecule has 1 N–H and O–H groups in total. The van der Waals surface area contributed by atoms with Crippen LogP contribution >= 0.6 is 0 Å². The maximum absolute atomic E-state index is 12.4. The highest BCUT2D eigenvalue weighted by Gasteiger charge is 2.33. The minimum absolute atomic E-state index is 0.0194. The number of carbonyl (C=O) groups is 1. The molecule has 7 heteroatoms. The Labute approximate surface area is 117 Å². The Hall–Kier alpha value is -1.91. The third-order valence-electron chi connectivity index (χ3n) is 3.33. The Morgan fingerprint density at radius 1 is 1.45 bits per heavy atom. The van der Waals surface area contributed by atoms with Gasteiger partial charge in [0.2, 0.25) is 10.0 Å². The van der Waals surface area contributed by atoms with Gasteiger partial charge in [0.05, 0.1) is 22.4 Å². The number of rotatable bonds is 3. The molecule has 1 saturated heterocycles. The Morgan fingerprint density at radius 2 is 2.20 bits per heavy atom. The summed E-state index contributed by atoms with van der Waals surface area (Å²) in [5.41, 5.74) is 0.262. The van der Waals surface area contributed by atoms with Gasteiger partial charge in [-0.15, -0.1) is 0 Å². The molecule has 1 unspecified atom stereocenters. The van der Waals surface area contributed by atoms with Gasteiger partial charge in [-0.05, 0) is 31.0 Å². The second-order valence-corrected chi connectivity index (χ2v) is 6.62. The molecule has 0 aliphatic carbocycles. The van der Waals surface area contributed by atoms with E-state index in [1.54, 1.807) is 0 Å². The molecule has 1 aromatic carbocycles. The van der Waals surface area contributed by atoms with Crippen molar-refractivity contribution in [2.45, 2.75) is 17.7 Å².